The van der Waals surface area contributed by atoms with Gasteiger partial charge in [-0.25, -0.2) is 4.79 Å². The number of ether oxygens (including phenoxy) is 1. The minimum Gasteiger partial charge on any atom is -0.444 e. The third-order valence-corrected chi connectivity index (χ3v) is 5.22. The summed E-state index contributed by atoms with van der Waals surface area (Å²) >= 11 is 0. The second kappa shape index (κ2) is 6.24. The summed E-state index contributed by atoms with van der Waals surface area (Å²) < 4.78 is 21.1. The Morgan fingerprint density at radius 3 is 2.54 bits per heavy atom. The lowest BCUT2D eigenvalue weighted by Crippen LogP contribution is -2.47. The number of amides is 1. The first-order valence-electron chi connectivity index (χ1n) is 8.43. The molecule has 1 aliphatic heterocycles. The van der Waals surface area contributed by atoms with Gasteiger partial charge in [0.2, 0.25) is 0 Å². The van der Waals surface area contributed by atoms with Gasteiger partial charge in [-0.2, -0.15) is 0 Å². The zero-order valence-corrected chi connectivity index (χ0v) is 15.7. The van der Waals surface area contributed by atoms with Gasteiger partial charge in [0.25, 0.3) is 0 Å². The molecule has 1 aromatic carbocycles. The Labute approximate surface area is 145 Å². The predicted molar refractivity (Wildman–Crippen MR) is 94.0 cm³/mol. The van der Waals surface area contributed by atoms with Crippen LogP contribution in [0.2, 0.25) is 0 Å². The van der Waals surface area contributed by atoms with Gasteiger partial charge in [0, 0.05) is 24.2 Å². The molecule has 0 aromatic heterocycles. The minimum absolute atomic E-state index is 0.0837. The fraction of sp³-hybridized carbons (Fsp3) is 0.556. The fourth-order valence-corrected chi connectivity index (χ4v) is 4.27. The van der Waals surface area contributed by atoms with Crippen LogP contribution in [0.5, 0.6) is 0 Å². The van der Waals surface area contributed by atoms with E-state index >= 15 is 0 Å². The quantitative estimate of drug-likeness (QED) is 0.736. The molecule has 1 amide bonds. The highest BCUT2D eigenvalue weighted by Gasteiger charge is 2.45. The minimum atomic E-state index is -1.16. The van der Waals surface area contributed by atoms with Crippen LogP contribution >= 0.6 is 0 Å². The van der Waals surface area contributed by atoms with Crippen LogP contribution in [0.1, 0.15) is 44.7 Å². The molecule has 5 nitrogen and oxygen atoms in total. The zero-order valence-electron chi connectivity index (χ0n) is 14.5. The van der Waals surface area contributed by atoms with Crippen LogP contribution in [0, 0.1) is 5.41 Å². The highest BCUT2D eigenvalue weighted by atomic mass is 28.2. The van der Waals surface area contributed by atoms with Gasteiger partial charge in [-0.3, -0.25) is 4.66 Å². The first-order valence-corrected chi connectivity index (χ1v) is 9.42. The van der Waals surface area contributed by atoms with Crippen molar-refractivity contribution in [3.05, 3.63) is 35.4 Å². The van der Waals surface area contributed by atoms with Crippen LogP contribution in [0.3, 0.4) is 0 Å². The summed E-state index contributed by atoms with van der Waals surface area (Å²) in [5.74, 6) is 0. The average Bonchev–Trinajstić information content (AvgIpc) is 2.80. The van der Waals surface area contributed by atoms with E-state index in [2.05, 4.69) is 16.8 Å². The van der Waals surface area contributed by atoms with Gasteiger partial charge < -0.3 is 14.1 Å². The molecule has 1 aliphatic carbocycles. The second-order valence-electron chi connectivity index (χ2n) is 7.66. The summed E-state index contributed by atoms with van der Waals surface area (Å²) in [5, 5.41) is 0. The molecule has 3 rings (SSSR count). The largest absolute Gasteiger partial charge is 0.444 e. The van der Waals surface area contributed by atoms with E-state index in [0.717, 1.165) is 30.5 Å². The summed E-state index contributed by atoms with van der Waals surface area (Å²) in [6.07, 6.45) is 2.34. The zero-order chi connectivity index (χ0) is 17.4. The first-order chi connectivity index (χ1) is 11.3. The maximum absolute atomic E-state index is 12.3. The number of nitrogens with zero attached hydrogens (tertiary/aromatic N) is 2. The number of benzene rings is 1. The van der Waals surface area contributed by atoms with Gasteiger partial charge in [-0.15, -0.1) is 0 Å². The molecular formula is C18H24N2O3Si. The van der Waals surface area contributed by atoms with Gasteiger partial charge in [-0.1, -0.05) is 24.3 Å². The average molecular weight is 344 g/mol. The van der Waals surface area contributed by atoms with Crippen LogP contribution in [0.25, 0.3) is 0 Å². The van der Waals surface area contributed by atoms with Crippen LogP contribution in [0.15, 0.2) is 28.9 Å². The number of carbonyl (C=O) groups excluding carboxylic acids is 1. The molecule has 24 heavy (non-hydrogen) atoms. The number of piperidine rings is 1. The summed E-state index contributed by atoms with van der Waals surface area (Å²) in [5.41, 5.74) is 2.82. The molecule has 1 fully saturated rings. The van der Waals surface area contributed by atoms with E-state index in [0.29, 0.717) is 13.1 Å². The maximum Gasteiger partial charge on any atom is 0.410 e. The van der Waals surface area contributed by atoms with Gasteiger partial charge in [0.15, 0.2) is 0 Å². The van der Waals surface area contributed by atoms with Gasteiger partial charge >= 0.3 is 15.7 Å². The lowest BCUT2D eigenvalue weighted by molar-refractivity contribution is 0.0159. The van der Waals surface area contributed by atoms with Crippen molar-refractivity contribution >= 4 is 21.4 Å². The van der Waals surface area contributed by atoms with Crippen molar-refractivity contribution in [1.82, 2.24) is 4.90 Å². The Kier molecular flexibility index (Phi) is 4.42. The summed E-state index contributed by atoms with van der Waals surface area (Å²) in [6, 6.07) is 8.23. The molecule has 2 aliphatic rings. The van der Waals surface area contributed by atoms with Crippen LogP contribution in [-0.2, 0) is 15.6 Å². The third kappa shape index (κ3) is 3.20. The van der Waals surface area contributed by atoms with E-state index in [9.17, 15) is 9.26 Å². The molecule has 1 heterocycles. The summed E-state index contributed by atoms with van der Waals surface area (Å²) in [4.78, 5) is 14.0. The van der Waals surface area contributed by atoms with Crippen molar-refractivity contribution in [2.75, 3.05) is 13.1 Å². The van der Waals surface area contributed by atoms with Crippen LogP contribution in [-0.4, -0.2) is 45.0 Å². The number of rotatable bonds is 1. The Balaban J connectivity index is 1.77. The lowest BCUT2D eigenvalue weighted by Gasteiger charge is -2.40. The molecule has 1 aromatic rings. The highest BCUT2D eigenvalue weighted by Crippen LogP contribution is 2.45. The SMILES string of the molecule is CC(C)(C)OC(=O)N1CCC2(CC1)Cc1ccccc1/C2=N/[SiH]=O. The Morgan fingerprint density at radius 1 is 1.25 bits per heavy atom. The van der Waals surface area contributed by atoms with E-state index in [1.54, 1.807) is 4.90 Å². The molecule has 0 saturated carbocycles. The van der Waals surface area contributed by atoms with Crippen LogP contribution in [0.4, 0.5) is 4.79 Å². The topological polar surface area (TPSA) is 59.0 Å². The normalized spacial score (nSPS) is 21.0. The van der Waals surface area contributed by atoms with Crippen molar-refractivity contribution in [2.24, 2.45) is 10.1 Å². The smallest absolute Gasteiger partial charge is 0.410 e. The maximum atomic E-state index is 12.3. The molecule has 6 heteroatoms. The molecule has 1 spiro atoms. The molecule has 128 valence electrons. The monoisotopic (exact) mass is 344 g/mol. The Morgan fingerprint density at radius 2 is 1.92 bits per heavy atom. The first kappa shape index (κ1) is 17.0. The molecule has 0 unspecified atom stereocenters. The molecule has 0 bridgehead atoms. The summed E-state index contributed by atoms with van der Waals surface area (Å²) in [6.45, 7) is 6.94. The van der Waals surface area contributed by atoms with Gasteiger partial charge in [-0.05, 0) is 51.2 Å². The van der Waals surface area contributed by atoms with E-state index < -0.39 is 15.2 Å². The van der Waals surface area contributed by atoms with Gasteiger partial charge in [0.05, 0.1) is 0 Å². The number of likely N-dealkylation sites (tertiary alicyclic amines) is 1. The fourth-order valence-electron chi connectivity index (χ4n) is 3.76. The third-order valence-electron chi connectivity index (χ3n) is 4.86. The highest BCUT2D eigenvalue weighted by molar-refractivity contribution is 6.24. The lowest BCUT2D eigenvalue weighted by atomic mass is 9.74. The van der Waals surface area contributed by atoms with E-state index in [1.165, 1.54) is 5.56 Å². The molecule has 0 atom stereocenters. The van der Waals surface area contributed by atoms with Crippen molar-refractivity contribution in [3.8, 4) is 0 Å². The molecular weight excluding hydrogens is 320 g/mol. The van der Waals surface area contributed by atoms with Crippen molar-refractivity contribution in [3.63, 3.8) is 0 Å². The van der Waals surface area contributed by atoms with Crippen molar-refractivity contribution in [1.29, 1.82) is 0 Å². The predicted octanol–water partition coefficient (Wildman–Crippen LogP) is 2.75. The standard InChI is InChI=1S/C18H24N2O3Si/c1-17(2,3)23-16(21)20-10-8-18(9-11-20)12-13-6-4-5-7-14(13)15(18)19-24-22/h4-7,24H,8-12H2,1-3H3/b19-15-. The second-order valence-corrected chi connectivity index (χ2v) is 8.13. The Hall–Kier alpha value is -1.82. The summed E-state index contributed by atoms with van der Waals surface area (Å²) in [7, 11) is -1.16. The number of fused-ring (bicyclic) bond motifs is 1. The Bertz CT molecular complexity index is 686. The van der Waals surface area contributed by atoms with E-state index in [4.69, 9.17) is 4.74 Å². The van der Waals surface area contributed by atoms with Gasteiger partial charge in [0.1, 0.15) is 5.60 Å². The van der Waals surface area contributed by atoms with E-state index in [-0.39, 0.29) is 11.5 Å². The molecule has 1 saturated heterocycles. The molecule has 0 radical (unpaired) electrons. The molecule has 0 N–H and O–H groups in total. The number of carbonyl (C=O) groups is 1. The van der Waals surface area contributed by atoms with E-state index in [1.807, 2.05) is 32.9 Å². The van der Waals surface area contributed by atoms with Crippen molar-refractivity contribution < 1.29 is 14.0 Å². The number of hydrogen-bond acceptors (Lipinski definition) is 3. The van der Waals surface area contributed by atoms with Crippen LogP contribution < -0.4 is 0 Å². The number of hydrogen-bond donors (Lipinski definition) is 0. The van der Waals surface area contributed by atoms with Crippen molar-refractivity contribution in [2.45, 2.75) is 45.6 Å².